The summed E-state index contributed by atoms with van der Waals surface area (Å²) in [7, 11) is 2.10. The lowest BCUT2D eigenvalue weighted by Crippen LogP contribution is -2.28. The molecule has 22 heavy (non-hydrogen) atoms. The van der Waals surface area contributed by atoms with E-state index in [9.17, 15) is 0 Å². The summed E-state index contributed by atoms with van der Waals surface area (Å²) in [4.78, 5) is 2.23. The lowest BCUT2D eigenvalue weighted by Gasteiger charge is -2.18. The Morgan fingerprint density at radius 1 is 0.773 bits per heavy atom. The molecule has 0 N–H and O–H groups in total. The first-order valence-corrected chi connectivity index (χ1v) is 7.80. The third kappa shape index (κ3) is 2.95. The van der Waals surface area contributed by atoms with Crippen LogP contribution in [0.1, 0.15) is 11.1 Å². The van der Waals surface area contributed by atoms with E-state index in [2.05, 4.69) is 62.2 Å². The van der Waals surface area contributed by atoms with E-state index in [1.165, 1.54) is 11.1 Å². The molecule has 0 aliphatic carbocycles. The van der Waals surface area contributed by atoms with Gasteiger partial charge in [0.2, 0.25) is 0 Å². The molecule has 0 unspecified atom stereocenters. The molecule has 0 aromatic heterocycles. The van der Waals surface area contributed by atoms with Crippen molar-refractivity contribution in [2.24, 2.45) is 0 Å². The van der Waals surface area contributed by atoms with Crippen LogP contribution in [0.2, 0.25) is 0 Å². The molecule has 0 saturated carbocycles. The Morgan fingerprint density at radius 3 is 1.68 bits per heavy atom. The van der Waals surface area contributed by atoms with Gasteiger partial charge in [-0.25, -0.2) is 0 Å². The maximum Gasteiger partial charge on any atom is 0.127 e. The second-order valence-electron chi connectivity index (χ2n) is 5.90. The SMILES string of the molecule is Cc1cccc2c1-c1c(C)cccc1OCCN(C)CCO2. The molecule has 0 amide bonds. The summed E-state index contributed by atoms with van der Waals surface area (Å²) < 4.78 is 12.2. The van der Waals surface area contributed by atoms with Gasteiger partial charge in [-0.05, 0) is 44.2 Å². The van der Waals surface area contributed by atoms with E-state index < -0.39 is 0 Å². The van der Waals surface area contributed by atoms with Gasteiger partial charge in [0, 0.05) is 24.2 Å². The zero-order valence-electron chi connectivity index (χ0n) is 13.6. The molecule has 2 aromatic carbocycles. The molecular formula is C19H23NO2. The highest BCUT2D eigenvalue weighted by molar-refractivity contribution is 5.81. The Bertz CT molecular complexity index is 609. The van der Waals surface area contributed by atoms with Crippen LogP contribution in [-0.2, 0) is 0 Å². The van der Waals surface area contributed by atoms with Gasteiger partial charge in [0.15, 0.2) is 0 Å². The largest absolute Gasteiger partial charge is 0.492 e. The Labute approximate surface area is 132 Å². The quantitative estimate of drug-likeness (QED) is 0.740. The second-order valence-corrected chi connectivity index (χ2v) is 5.90. The van der Waals surface area contributed by atoms with Crippen LogP contribution in [0.5, 0.6) is 11.5 Å². The van der Waals surface area contributed by atoms with Gasteiger partial charge in [0.25, 0.3) is 0 Å². The first kappa shape index (κ1) is 14.9. The first-order valence-electron chi connectivity index (χ1n) is 7.80. The highest BCUT2D eigenvalue weighted by Crippen LogP contribution is 2.41. The molecule has 0 bridgehead atoms. The normalized spacial score (nSPS) is 15.8. The number of nitrogens with zero attached hydrogens (tertiary/aromatic N) is 1. The topological polar surface area (TPSA) is 21.7 Å². The minimum absolute atomic E-state index is 0.689. The summed E-state index contributed by atoms with van der Waals surface area (Å²) in [5.41, 5.74) is 4.73. The number of hydrogen-bond donors (Lipinski definition) is 0. The van der Waals surface area contributed by atoms with Gasteiger partial charge in [-0.1, -0.05) is 24.3 Å². The number of aryl methyl sites for hydroxylation is 2. The molecule has 1 aliphatic rings. The van der Waals surface area contributed by atoms with Crippen molar-refractivity contribution in [3.8, 4) is 22.6 Å². The molecule has 0 radical (unpaired) electrons. The lowest BCUT2D eigenvalue weighted by molar-refractivity contribution is 0.204. The molecule has 2 aromatic rings. The Balaban J connectivity index is 2.17. The Kier molecular flexibility index (Phi) is 4.34. The van der Waals surface area contributed by atoms with Gasteiger partial charge < -0.3 is 9.47 Å². The summed E-state index contributed by atoms with van der Waals surface area (Å²) in [5.74, 6) is 1.88. The van der Waals surface area contributed by atoms with E-state index >= 15 is 0 Å². The van der Waals surface area contributed by atoms with Crippen LogP contribution < -0.4 is 9.47 Å². The van der Waals surface area contributed by atoms with E-state index in [0.717, 1.165) is 35.7 Å². The minimum Gasteiger partial charge on any atom is -0.492 e. The fourth-order valence-electron chi connectivity index (χ4n) is 2.90. The van der Waals surface area contributed by atoms with Gasteiger partial charge in [-0.15, -0.1) is 0 Å². The molecule has 0 fully saturated rings. The molecule has 1 aliphatic heterocycles. The molecule has 3 rings (SSSR count). The minimum atomic E-state index is 0.689. The van der Waals surface area contributed by atoms with Crippen molar-refractivity contribution in [2.75, 3.05) is 33.4 Å². The number of ether oxygens (including phenoxy) is 2. The summed E-state index contributed by atoms with van der Waals surface area (Å²) in [6, 6.07) is 12.5. The molecular weight excluding hydrogens is 274 g/mol. The van der Waals surface area contributed by atoms with Crippen LogP contribution in [-0.4, -0.2) is 38.3 Å². The summed E-state index contributed by atoms with van der Waals surface area (Å²) >= 11 is 0. The van der Waals surface area contributed by atoms with Gasteiger partial charge in [-0.3, -0.25) is 4.90 Å². The predicted octanol–water partition coefficient (Wildman–Crippen LogP) is 3.67. The smallest absolute Gasteiger partial charge is 0.127 e. The zero-order chi connectivity index (χ0) is 15.5. The molecule has 0 saturated heterocycles. The van der Waals surface area contributed by atoms with Crippen LogP contribution in [0.25, 0.3) is 11.1 Å². The average molecular weight is 297 g/mol. The molecule has 0 spiro atoms. The third-order valence-electron chi connectivity index (χ3n) is 4.18. The summed E-state index contributed by atoms with van der Waals surface area (Å²) in [6.07, 6.45) is 0. The number of rotatable bonds is 0. The standard InChI is InChI=1S/C19H23NO2/c1-14-6-4-8-16-18(14)19-15(2)7-5-9-17(19)22-13-11-20(3)10-12-21-16/h4-9H,10-13H2,1-3H3. The van der Waals surface area contributed by atoms with E-state index in [0.29, 0.717) is 13.2 Å². The number of benzene rings is 2. The van der Waals surface area contributed by atoms with Crippen molar-refractivity contribution in [3.05, 3.63) is 47.5 Å². The predicted molar refractivity (Wildman–Crippen MR) is 89.8 cm³/mol. The van der Waals surface area contributed by atoms with Gasteiger partial charge in [0.1, 0.15) is 24.7 Å². The number of fused-ring (bicyclic) bond motifs is 3. The van der Waals surface area contributed by atoms with E-state index in [1.807, 2.05) is 0 Å². The zero-order valence-corrected chi connectivity index (χ0v) is 13.6. The van der Waals surface area contributed by atoms with Crippen molar-refractivity contribution >= 4 is 0 Å². The second kappa shape index (κ2) is 6.41. The van der Waals surface area contributed by atoms with Crippen LogP contribution in [0.4, 0.5) is 0 Å². The van der Waals surface area contributed by atoms with Crippen LogP contribution >= 0.6 is 0 Å². The van der Waals surface area contributed by atoms with Crippen molar-refractivity contribution in [1.82, 2.24) is 4.90 Å². The maximum absolute atomic E-state index is 6.09. The average Bonchev–Trinajstić information content (AvgIpc) is 2.51. The van der Waals surface area contributed by atoms with E-state index in [1.54, 1.807) is 0 Å². The Morgan fingerprint density at radius 2 is 1.23 bits per heavy atom. The fraction of sp³-hybridized carbons (Fsp3) is 0.368. The number of likely N-dealkylation sites (N-methyl/N-ethyl adjacent to an activating group) is 1. The summed E-state index contributed by atoms with van der Waals surface area (Å²) in [6.45, 7) is 7.43. The molecule has 116 valence electrons. The monoisotopic (exact) mass is 297 g/mol. The van der Waals surface area contributed by atoms with Crippen LogP contribution in [0.3, 0.4) is 0 Å². The molecule has 0 atom stereocenters. The van der Waals surface area contributed by atoms with E-state index in [4.69, 9.17) is 9.47 Å². The van der Waals surface area contributed by atoms with Crippen molar-refractivity contribution in [3.63, 3.8) is 0 Å². The first-order chi connectivity index (χ1) is 10.7. The third-order valence-corrected chi connectivity index (χ3v) is 4.18. The van der Waals surface area contributed by atoms with Crippen molar-refractivity contribution in [2.45, 2.75) is 13.8 Å². The Hall–Kier alpha value is -2.00. The lowest BCUT2D eigenvalue weighted by atomic mass is 9.94. The van der Waals surface area contributed by atoms with Crippen LogP contribution in [0.15, 0.2) is 36.4 Å². The van der Waals surface area contributed by atoms with Crippen molar-refractivity contribution in [1.29, 1.82) is 0 Å². The fourth-order valence-corrected chi connectivity index (χ4v) is 2.90. The highest BCUT2D eigenvalue weighted by Gasteiger charge is 2.17. The van der Waals surface area contributed by atoms with Gasteiger partial charge in [-0.2, -0.15) is 0 Å². The highest BCUT2D eigenvalue weighted by atomic mass is 16.5. The summed E-state index contributed by atoms with van der Waals surface area (Å²) in [5, 5.41) is 0. The van der Waals surface area contributed by atoms with Gasteiger partial charge >= 0.3 is 0 Å². The molecule has 3 nitrogen and oxygen atoms in total. The maximum atomic E-state index is 6.09. The van der Waals surface area contributed by atoms with E-state index in [-0.39, 0.29) is 0 Å². The van der Waals surface area contributed by atoms with Crippen molar-refractivity contribution < 1.29 is 9.47 Å². The van der Waals surface area contributed by atoms with Crippen LogP contribution in [0, 0.1) is 13.8 Å². The van der Waals surface area contributed by atoms with Gasteiger partial charge in [0.05, 0.1) is 0 Å². The molecule has 3 heteroatoms. The number of hydrogen-bond acceptors (Lipinski definition) is 3. The molecule has 1 heterocycles.